The van der Waals surface area contributed by atoms with Gasteiger partial charge in [0.15, 0.2) is 9.84 Å². The van der Waals surface area contributed by atoms with E-state index in [0.717, 1.165) is 12.0 Å². The molecule has 0 saturated heterocycles. The first kappa shape index (κ1) is 15.2. The highest BCUT2D eigenvalue weighted by molar-refractivity contribution is 7.91. The molecular formula is C14H23NO2S. The first-order valence-corrected chi connectivity index (χ1v) is 8.21. The van der Waals surface area contributed by atoms with Crippen LogP contribution in [0.25, 0.3) is 0 Å². The smallest absolute Gasteiger partial charge is 0.152 e. The maximum absolute atomic E-state index is 11.9. The van der Waals surface area contributed by atoms with Crippen molar-refractivity contribution in [2.75, 3.05) is 11.5 Å². The monoisotopic (exact) mass is 269 g/mol. The molecule has 1 aromatic rings. The van der Waals surface area contributed by atoms with Gasteiger partial charge in [0.05, 0.1) is 11.5 Å². The number of aryl methyl sites for hydroxylation is 1. The van der Waals surface area contributed by atoms with Crippen molar-refractivity contribution in [2.24, 2.45) is 11.7 Å². The maximum atomic E-state index is 11.9. The lowest BCUT2D eigenvalue weighted by Crippen LogP contribution is -2.25. The van der Waals surface area contributed by atoms with Crippen LogP contribution in [0.3, 0.4) is 0 Å². The molecule has 3 nitrogen and oxygen atoms in total. The minimum Gasteiger partial charge on any atom is -0.323 e. The van der Waals surface area contributed by atoms with E-state index in [1.165, 1.54) is 5.56 Å². The first-order valence-electron chi connectivity index (χ1n) is 6.39. The Kier molecular flexibility index (Phi) is 5.35. The average molecular weight is 269 g/mol. The quantitative estimate of drug-likeness (QED) is 0.862. The molecule has 0 radical (unpaired) electrons. The van der Waals surface area contributed by atoms with E-state index in [2.05, 4.69) is 6.92 Å². The molecule has 1 atom stereocenters. The molecule has 0 amide bonds. The minimum absolute atomic E-state index is 0.0245. The average Bonchev–Trinajstić information content (AvgIpc) is 2.26. The lowest BCUT2D eigenvalue weighted by atomic mass is 10.1. The summed E-state index contributed by atoms with van der Waals surface area (Å²) in [5.41, 5.74) is 8.09. The molecule has 0 aromatic heterocycles. The molecule has 0 aliphatic rings. The summed E-state index contributed by atoms with van der Waals surface area (Å²) in [7, 11) is -3.07. The standard InChI is InChI=1S/C14H23NO2S/c1-4-12-5-7-13(8-6-12)14(15)10-18(16,17)9-11(2)3/h5-8,11,14H,4,9-10,15H2,1-3H3. The summed E-state index contributed by atoms with van der Waals surface area (Å²) >= 11 is 0. The zero-order valence-corrected chi connectivity index (χ0v) is 12.2. The lowest BCUT2D eigenvalue weighted by molar-refractivity contribution is 0.575. The van der Waals surface area contributed by atoms with E-state index in [1.54, 1.807) is 0 Å². The minimum atomic E-state index is -3.07. The molecule has 0 fully saturated rings. The van der Waals surface area contributed by atoms with Crippen molar-refractivity contribution >= 4 is 9.84 Å². The third-order valence-electron chi connectivity index (χ3n) is 2.84. The van der Waals surface area contributed by atoms with Crippen LogP contribution in [-0.4, -0.2) is 19.9 Å². The number of rotatable bonds is 6. The van der Waals surface area contributed by atoms with Gasteiger partial charge < -0.3 is 5.73 Å². The van der Waals surface area contributed by atoms with E-state index < -0.39 is 15.9 Å². The molecule has 2 N–H and O–H groups in total. The first-order chi connectivity index (χ1) is 8.34. The van der Waals surface area contributed by atoms with Crippen LogP contribution in [0, 0.1) is 5.92 Å². The van der Waals surface area contributed by atoms with Crippen molar-refractivity contribution in [1.29, 1.82) is 0 Å². The SMILES string of the molecule is CCc1ccc(C(N)CS(=O)(=O)CC(C)C)cc1. The Balaban J connectivity index is 2.72. The number of nitrogens with two attached hydrogens (primary N) is 1. The van der Waals surface area contributed by atoms with Crippen molar-refractivity contribution in [3.63, 3.8) is 0 Å². The van der Waals surface area contributed by atoms with Crippen LogP contribution in [0.2, 0.25) is 0 Å². The predicted octanol–water partition coefficient (Wildman–Crippen LogP) is 2.32. The van der Waals surface area contributed by atoms with Crippen LogP contribution >= 0.6 is 0 Å². The van der Waals surface area contributed by atoms with Crippen LogP contribution in [0.15, 0.2) is 24.3 Å². The molecular weight excluding hydrogens is 246 g/mol. The van der Waals surface area contributed by atoms with E-state index >= 15 is 0 Å². The Bertz CT molecular complexity index is 463. The maximum Gasteiger partial charge on any atom is 0.152 e. The molecule has 102 valence electrons. The number of hydrogen-bond acceptors (Lipinski definition) is 3. The molecule has 0 aliphatic carbocycles. The van der Waals surface area contributed by atoms with Gasteiger partial charge in [-0.05, 0) is 23.5 Å². The van der Waals surface area contributed by atoms with Crippen LogP contribution in [0.1, 0.15) is 37.9 Å². The Morgan fingerprint density at radius 1 is 1.11 bits per heavy atom. The summed E-state index contributed by atoms with van der Waals surface area (Å²) in [6, 6.07) is 7.43. The molecule has 1 aromatic carbocycles. The highest BCUT2D eigenvalue weighted by atomic mass is 32.2. The Labute approximate surface area is 110 Å². The zero-order chi connectivity index (χ0) is 13.8. The third kappa shape index (κ3) is 4.78. The van der Waals surface area contributed by atoms with Gasteiger partial charge in [0.1, 0.15) is 0 Å². The van der Waals surface area contributed by atoms with Crippen molar-refractivity contribution in [2.45, 2.75) is 33.2 Å². The highest BCUT2D eigenvalue weighted by Crippen LogP contribution is 2.15. The van der Waals surface area contributed by atoms with Crippen LogP contribution in [0.4, 0.5) is 0 Å². The molecule has 18 heavy (non-hydrogen) atoms. The molecule has 0 aliphatic heterocycles. The van der Waals surface area contributed by atoms with Gasteiger partial charge in [-0.1, -0.05) is 45.0 Å². The van der Waals surface area contributed by atoms with Gasteiger partial charge >= 0.3 is 0 Å². The molecule has 4 heteroatoms. The normalized spacial score (nSPS) is 13.8. The third-order valence-corrected chi connectivity index (χ3v) is 4.88. The Hall–Kier alpha value is -0.870. The van der Waals surface area contributed by atoms with Crippen LogP contribution in [0.5, 0.6) is 0 Å². The second-order valence-electron chi connectivity index (χ2n) is 5.17. The summed E-state index contributed by atoms with van der Waals surface area (Å²) in [4.78, 5) is 0. The fourth-order valence-electron chi connectivity index (χ4n) is 1.95. The summed E-state index contributed by atoms with van der Waals surface area (Å²) < 4.78 is 23.7. The summed E-state index contributed by atoms with van der Waals surface area (Å²) in [6.07, 6.45) is 0.973. The summed E-state index contributed by atoms with van der Waals surface area (Å²) in [5.74, 6) is 0.370. The second-order valence-corrected chi connectivity index (χ2v) is 7.33. The lowest BCUT2D eigenvalue weighted by Gasteiger charge is -2.14. The Morgan fingerprint density at radius 3 is 2.11 bits per heavy atom. The summed E-state index contributed by atoms with van der Waals surface area (Å²) in [5, 5.41) is 0. The highest BCUT2D eigenvalue weighted by Gasteiger charge is 2.18. The van der Waals surface area contributed by atoms with Crippen molar-refractivity contribution in [3.05, 3.63) is 35.4 Å². The molecule has 0 heterocycles. The molecule has 0 bridgehead atoms. The molecule has 1 rings (SSSR count). The van der Waals surface area contributed by atoms with Gasteiger partial charge in [0.25, 0.3) is 0 Å². The fraction of sp³-hybridized carbons (Fsp3) is 0.571. The van der Waals surface area contributed by atoms with Gasteiger partial charge in [0, 0.05) is 6.04 Å². The van der Waals surface area contributed by atoms with Crippen LogP contribution < -0.4 is 5.73 Å². The van der Waals surface area contributed by atoms with E-state index in [4.69, 9.17) is 5.73 Å². The topological polar surface area (TPSA) is 60.2 Å². The van der Waals surface area contributed by atoms with Gasteiger partial charge in [-0.25, -0.2) is 8.42 Å². The van der Waals surface area contributed by atoms with Crippen molar-refractivity contribution < 1.29 is 8.42 Å². The second kappa shape index (κ2) is 6.34. The number of benzene rings is 1. The zero-order valence-electron chi connectivity index (χ0n) is 11.4. The number of sulfone groups is 1. The van der Waals surface area contributed by atoms with Crippen molar-refractivity contribution in [1.82, 2.24) is 0 Å². The van der Waals surface area contributed by atoms with Gasteiger partial charge in [0.2, 0.25) is 0 Å². The van der Waals surface area contributed by atoms with Gasteiger partial charge in [-0.3, -0.25) is 0 Å². The number of hydrogen-bond donors (Lipinski definition) is 1. The van der Waals surface area contributed by atoms with E-state index in [-0.39, 0.29) is 17.4 Å². The molecule has 1 unspecified atom stereocenters. The predicted molar refractivity (Wildman–Crippen MR) is 76.2 cm³/mol. The van der Waals surface area contributed by atoms with E-state index in [0.29, 0.717) is 0 Å². The van der Waals surface area contributed by atoms with Crippen LogP contribution in [-0.2, 0) is 16.3 Å². The fourth-order valence-corrected chi connectivity index (χ4v) is 3.84. The molecule has 0 saturated carbocycles. The van der Waals surface area contributed by atoms with Gasteiger partial charge in [-0.15, -0.1) is 0 Å². The largest absolute Gasteiger partial charge is 0.323 e. The van der Waals surface area contributed by atoms with E-state index in [9.17, 15) is 8.42 Å². The van der Waals surface area contributed by atoms with Crippen molar-refractivity contribution in [3.8, 4) is 0 Å². The van der Waals surface area contributed by atoms with E-state index in [1.807, 2.05) is 38.1 Å². The molecule has 0 spiro atoms. The van der Waals surface area contributed by atoms with Gasteiger partial charge in [-0.2, -0.15) is 0 Å². The Morgan fingerprint density at radius 2 is 1.67 bits per heavy atom. The summed E-state index contributed by atoms with van der Waals surface area (Å²) in [6.45, 7) is 5.89.